The van der Waals surface area contributed by atoms with Gasteiger partial charge in [0.15, 0.2) is 0 Å². The predicted octanol–water partition coefficient (Wildman–Crippen LogP) is 5.98. The second-order valence-corrected chi connectivity index (χ2v) is 12.6. The first kappa shape index (κ1) is 27.4. The molecular formula is C33H41NO5. The minimum Gasteiger partial charge on any atom is -0.488 e. The third-order valence-electron chi connectivity index (χ3n) is 8.98. The molecule has 0 bridgehead atoms. The van der Waals surface area contributed by atoms with Crippen molar-refractivity contribution in [2.24, 2.45) is 5.92 Å². The molecule has 39 heavy (non-hydrogen) atoms. The van der Waals surface area contributed by atoms with E-state index in [2.05, 4.69) is 45.0 Å². The third kappa shape index (κ3) is 5.49. The summed E-state index contributed by atoms with van der Waals surface area (Å²) >= 11 is 0. The maximum Gasteiger partial charge on any atom is 0.340 e. The number of ether oxygens (including phenoxy) is 1. The summed E-state index contributed by atoms with van der Waals surface area (Å²) in [6, 6.07) is 12.3. The van der Waals surface area contributed by atoms with Gasteiger partial charge < -0.3 is 19.2 Å². The summed E-state index contributed by atoms with van der Waals surface area (Å²) in [5.74, 6) is 0.712. The van der Waals surface area contributed by atoms with Gasteiger partial charge in [0.1, 0.15) is 17.9 Å². The van der Waals surface area contributed by atoms with Crippen LogP contribution in [0.25, 0.3) is 11.0 Å². The lowest BCUT2D eigenvalue weighted by atomic mass is 9.71. The molecule has 1 N–H and O–H groups in total. The van der Waals surface area contributed by atoms with Crippen LogP contribution in [0.3, 0.4) is 0 Å². The molecule has 3 aromatic rings. The Bertz CT molecular complexity index is 1430. The van der Waals surface area contributed by atoms with Crippen molar-refractivity contribution in [3.63, 3.8) is 0 Å². The fourth-order valence-corrected chi connectivity index (χ4v) is 6.25. The van der Waals surface area contributed by atoms with Crippen LogP contribution in [0.5, 0.6) is 5.75 Å². The lowest BCUT2D eigenvalue weighted by Gasteiger charge is -2.47. The molecule has 1 aliphatic carbocycles. The van der Waals surface area contributed by atoms with E-state index in [1.807, 2.05) is 30.9 Å². The summed E-state index contributed by atoms with van der Waals surface area (Å²) in [4.78, 5) is 28.2. The van der Waals surface area contributed by atoms with Crippen LogP contribution in [0.15, 0.2) is 45.6 Å². The van der Waals surface area contributed by atoms with E-state index >= 15 is 0 Å². The van der Waals surface area contributed by atoms with Crippen LogP contribution in [0, 0.1) is 19.8 Å². The number of aliphatic hydroxyl groups is 1. The van der Waals surface area contributed by atoms with Crippen LogP contribution in [-0.4, -0.2) is 34.6 Å². The third-order valence-corrected chi connectivity index (χ3v) is 8.98. The van der Waals surface area contributed by atoms with Crippen LogP contribution in [0.4, 0.5) is 0 Å². The number of aryl methyl sites for hydroxylation is 2. The average molecular weight is 532 g/mol. The Morgan fingerprint density at radius 1 is 1.08 bits per heavy atom. The molecule has 2 fully saturated rings. The molecule has 0 radical (unpaired) electrons. The van der Waals surface area contributed by atoms with Gasteiger partial charge in [-0.3, -0.25) is 4.79 Å². The molecule has 1 saturated carbocycles. The molecule has 0 spiro atoms. The quantitative estimate of drug-likeness (QED) is 0.410. The van der Waals surface area contributed by atoms with Crippen molar-refractivity contribution >= 4 is 16.9 Å². The summed E-state index contributed by atoms with van der Waals surface area (Å²) in [5.41, 5.74) is 3.77. The molecule has 1 amide bonds. The first-order valence-electron chi connectivity index (χ1n) is 14.2. The molecule has 6 nitrogen and oxygen atoms in total. The Morgan fingerprint density at radius 2 is 1.82 bits per heavy atom. The zero-order valence-corrected chi connectivity index (χ0v) is 23.9. The highest BCUT2D eigenvalue weighted by molar-refractivity contribution is 5.87. The van der Waals surface area contributed by atoms with E-state index in [-0.39, 0.29) is 23.7 Å². The van der Waals surface area contributed by atoms with Gasteiger partial charge in [0.25, 0.3) is 0 Å². The number of nitrogens with zero attached hydrogens (tertiary/aromatic N) is 1. The number of carbonyl (C=O) groups is 1. The Morgan fingerprint density at radius 3 is 2.54 bits per heavy atom. The molecule has 6 heteroatoms. The van der Waals surface area contributed by atoms with Gasteiger partial charge >= 0.3 is 5.63 Å². The number of fused-ring (bicyclic) bond motifs is 2. The van der Waals surface area contributed by atoms with Crippen molar-refractivity contribution < 1.29 is 19.1 Å². The second-order valence-electron chi connectivity index (χ2n) is 12.6. The Balaban J connectivity index is 1.31. The summed E-state index contributed by atoms with van der Waals surface area (Å²) < 4.78 is 11.9. The van der Waals surface area contributed by atoms with E-state index in [1.54, 1.807) is 0 Å². The number of hydrogen-bond acceptors (Lipinski definition) is 5. The van der Waals surface area contributed by atoms with Gasteiger partial charge in [-0.1, -0.05) is 57.9 Å². The number of likely N-dealkylation sites (tertiary alicyclic amines) is 1. The number of amides is 1. The van der Waals surface area contributed by atoms with Gasteiger partial charge in [-0.2, -0.15) is 0 Å². The van der Waals surface area contributed by atoms with Crippen LogP contribution >= 0.6 is 0 Å². The molecular weight excluding hydrogens is 490 g/mol. The lowest BCUT2D eigenvalue weighted by molar-refractivity contribution is -0.142. The second kappa shape index (κ2) is 10.5. The molecule has 1 aliphatic heterocycles. The van der Waals surface area contributed by atoms with Gasteiger partial charge in [0, 0.05) is 30.0 Å². The minimum atomic E-state index is -0.639. The number of benzene rings is 2. The molecule has 2 atom stereocenters. The van der Waals surface area contributed by atoms with Gasteiger partial charge in [0.05, 0.1) is 17.6 Å². The lowest BCUT2D eigenvalue weighted by Crippen LogP contribution is -2.55. The Hall–Kier alpha value is -3.12. The van der Waals surface area contributed by atoms with Crippen molar-refractivity contribution in [1.29, 1.82) is 0 Å². The molecule has 0 unspecified atom stereocenters. The molecule has 5 rings (SSSR count). The summed E-state index contributed by atoms with van der Waals surface area (Å²) in [5, 5.41) is 11.8. The van der Waals surface area contributed by atoms with Gasteiger partial charge in [-0.05, 0) is 67.3 Å². The highest BCUT2D eigenvalue weighted by Crippen LogP contribution is 2.40. The molecule has 2 heterocycles. The molecule has 2 aliphatic rings. The summed E-state index contributed by atoms with van der Waals surface area (Å²) in [6.07, 6.45) is 4.53. The first-order valence-corrected chi connectivity index (χ1v) is 14.2. The van der Waals surface area contributed by atoms with Crippen molar-refractivity contribution in [2.45, 2.75) is 90.8 Å². The van der Waals surface area contributed by atoms with Crippen molar-refractivity contribution in [1.82, 2.24) is 4.90 Å². The zero-order valence-electron chi connectivity index (χ0n) is 23.9. The van der Waals surface area contributed by atoms with Crippen LogP contribution in [-0.2, 0) is 23.2 Å². The van der Waals surface area contributed by atoms with E-state index < -0.39 is 11.2 Å². The van der Waals surface area contributed by atoms with Gasteiger partial charge in [0.2, 0.25) is 5.91 Å². The first-order chi connectivity index (χ1) is 18.5. The van der Waals surface area contributed by atoms with E-state index in [1.165, 1.54) is 5.56 Å². The molecule has 1 aromatic heterocycles. The van der Waals surface area contributed by atoms with E-state index in [0.717, 1.165) is 47.8 Å². The molecule has 2 aromatic carbocycles. The SMILES string of the molecule is Cc1c(CC(=O)N2CC[C@@]3(O)CCCC[C@@H]3C2)c(=O)oc2c(C)c(OCc3ccc(C(C)(C)C)cc3)ccc12. The minimum absolute atomic E-state index is 0.0110. The van der Waals surface area contributed by atoms with Crippen molar-refractivity contribution in [3.8, 4) is 5.75 Å². The Labute approximate surface area is 231 Å². The number of piperidine rings is 1. The fraction of sp³-hybridized carbons (Fsp3) is 0.515. The smallest absolute Gasteiger partial charge is 0.340 e. The summed E-state index contributed by atoms with van der Waals surface area (Å²) in [6.45, 7) is 11.9. The highest BCUT2D eigenvalue weighted by Gasteiger charge is 2.43. The standard InChI is InChI=1S/C33H41NO5/c1-21-26-13-14-28(38-20-23-9-11-24(12-10-23)32(3,4)5)22(2)30(26)39-31(36)27(21)18-29(35)34-17-16-33(37)15-7-6-8-25(33)19-34/h9-14,25,37H,6-8,15-20H2,1-5H3/t25-,33+/m1/s1. The highest BCUT2D eigenvalue weighted by atomic mass is 16.5. The van der Waals surface area contributed by atoms with E-state index in [9.17, 15) is 14.7 Å². The van der Waals surface area contributed by atoms with Crippen molar-refractivity contribution in [2.75, 3.05) is 13.1 Å². The number of carbonyl (C=O) groups excluding carboxylic acids is 1. The van der Waals surface area contributed by atoms with E-state index in [0.29, 0.717) is 43.0 Å². The summed E-state index contributed by atoms with van der Waals surface area (Å²) in [7, 11) is 0. The zero-order chi connectivity index (χ0) is 27.9. The van der Waals surface area contributed by atoms with Crippen LogP contribution < -0.4 is 10.4 Å². The van der Waals surface area contributed by atoms with Gasteiger partial charge in [-0.15, -0.1) is 0 Å². The number of rotatable bonds is 5. The predicted molar refractivity (Wildman–Crippen MR) is 153 cm³/mol. The average Bonchev–Trinajstić information content (AvgIpc) is 2.90. The van der Waals surface area contributed by atoms with Crippen LogP contribution in [0.2, 0.25) is 0 Å². The normalized spacial score (nSPS) is 21.6. The monoisotopic (exact) mass is 531 g/mol. The van der Waals surface area contributed by atoms with Crippen LogP contribution in [0.1, 0.15) is 80.7 Å². The van der Waals surface area contributed by atoms with Gasteiger partial charge in [-0.25, -0.2) is 4.79 Å². The molecule has 1 saturated heterocycles. The fourth-order valence-electron chi connectivity index (χ4n) is 6.25. The molecule has 208 valence electrons. The van der Waals surface area contributed by atoms with E-state index in [4.69, 9.17) is 9.15 Å². The number of hydrogen-bond donors (Lipinski definition) is 1. The Kier molecular flexibility index (Phi) is 7.36. The topological polar surface area (TPSA) is 80.0 Å². The largest absolute Gasteiger partial charge is 0.488 e. The van der Waals surface area contributed by atoms with Crippen molar-refractivity contribution in [3.05, 3.63) is 74.6 Å². The maximum atomic E-state index is 13.2. The maximum absolute atomic E-state index is 13.2.